The van der Waals surface area contributed by atoms with Crippen molar-refractivity contribution in [1.29, 1.82) is 0 Å². The Hall–Kier alpha value is -5.43. The van der Waals surface area contributed by atoms with Crippen molar-refractivity contribution in [3.05, 3.63) is 232 Å². The first kappa shape index (κ1) is 85.8. The standard InChI is InChI=1S/C10H14O.2C10H12O.C9H12O.C9H10O.2C7H7O.C3H8.2C2H6.C2H5.2Y/c3*1-3-4-9-5-6-10(11)8(2)7-9;2*1-3-8-4-5-9(10)7(2)6-8;2*1-6-4-2-3-5-7(6)8;1-3-2;3*1-2;;/h5-7,11H,3-4H2,1-2H3;2*3-7,11H,1-2H3;4-6,10H,3H2,1-2H3;3-6,10H,1H2,2H3;2*3-5,8H,1H3;3H2,1-2H3;2*1-2H3;1H2,2H3;;/q;;;;;2*-1;;;;-1;;/b;2*4-3+;;;;;;;;;;. The molecule has 80 heavy (non-hydrogen) atoms. The molecule has 0 heterocycles. The Morgan fingerprint density at radius 3 is 0.938 bits per heavy atom. The Bertz CT molecular complexity index is 2540. The maximum absolute atomic E-state index is 9.21. The third kappa shape index (κ3) is 41.6. The molecule has 0 atom stereocenters. The molecule has 0 bridgehead atoms. The van der Waals surface area contributed by atoms with Gasteiger partial charge in [0.1, 0.15) is 28.7 Å². The van der Waals surface area contributed by atoms with Crippen molar-refractivity contribution in [2.45, 2.75) is 150 Å². The quantitative estimate of drug-likeness (QED) is 0.0822. The van der Waals surface area contributed by atoms with Gasteiger partial charge >= 0.3 is 0 Å². The molecule has 434 valence electrons. The van der Waals surface area contributed by atoms with Crippen molar-refractivity contribution >= 4 is 18.2 Å². The zero-order valence-electron chi connectivity index (χ0n) is 52.0. The van der Waals surface area contributed by atoms with Gasteiger partial charge in [0, 0.05) is 76.9 Å². The van der Waals surface area contributed by atoms with E-state index in [4.69, 9.17) is 20.4 Å². The third-order valence-corrected chi connectivity index (χ3v) is 10.2. The fourth-order valence-electron chi connectivity index (χ4n) is 5.87. The number of aryl methyl sites for hydroxylation is 9. The zero-order chi connectivity index (χ0) is 60.6. The molecule has 2 radical (unpaired) electrons. The molecule has 7 nitrogen and oxygen atoms in total. The van der Waals surface area contributed by atoms with Gasteiger partial charge in [0.25, 0.3) is 0 Å². The number of hydrogen-bond donors (Lipinski definition) is 7. The average Bonchev–Trinajstić information content (AvgIpc) is 3.44. The van der Waals surface area contributed by atoms with Gasteiger partial charge in [0.05, 0.1) is 0 Å². The Labute approximate surface area is 537 Å². The molecule has 7 aromatic rings. The predicted molar refractivity (Wildman–Crippen MR) is 340 cm³/mol. The molecule has 0 fully saturated rings. The molecule has 0 amide bonds. The van der Waals surface area contributed by atoms with E-state index >= 15 is 0 Å². The molecule has 0 unspecified atom stereocenters. The largest absolute Gasteiger partial charge is 0.533 e. The minimum absolute atomic E-state index is 0. The first-order chi connectivity index (χ1) is 37.2. The Balaban J connectivity index is -0.000000194. The molecule has 0 aliphatic heterocycles. The smallest absolute Gasteiger partial charge is 0.118 e. The number of aromatic hydroxyl groups is 7. The Morgan fingerprint density at radius 1 is 0.412 bits per heavy atom. The molecule has 9 heteroatoms. The van der Waals surface area contributed by atoms with E-state index in [2.05, 4.69) is 53.3 Å². The molecule has 0 saturated carbocycles. The molecule has 0 saturated heterocycles. The normalized spacial score (nSPS) is 8.99. The van der Waals surface area contributed by atoms with Gasteiger partial charge in [-0.15, -0.1) is 23.3 Å². The minimum Gasteiger partial charge on any atom is -0.533 e. The second-order valence-electron chi connectivity index (χ2n) is 16.8. The van der Waals surface area contributed by atoms with Gasteiger partial charge in [-0.05, 0) is 165 Å². The summed E-state index contributed by atoms with van der Waals surface area (Å²) in [4.78, 5) is 0. The van der Waals surface area contributed by atoms with Gasteiger partial charge in [0.15, 0.2) is 0 Å². The predicted octanol–water partition coefficient (Wildman–Crippen LogP) is 20.0. The van der Waals surface area contributed by atoms with E-state index in [0.29, 0.717) is 40.2 Å². The van der Waals surface area contributed by atoms with Gasteiger partial charge in [-0.2, -0.15) is 43.3 Å². The molecule has 0 aromatic heterocycles. The molecule has 0 aliphatic rings. The topological polar surface area (TPSA) is 142 Å². The maximum Gasteiger partial charge on any atom is 0.118 e. The van der Waals surface area contributed by atoms with E-state index in [0.717, 1.165) is 74.9 Å². The van der Waals surface area contributed by atoms with Crippen LogP contribution in [-0.4, -0.2) is 35.7 Å². The first-order valence-electron chi connectivity index (χ1n) is 27.1. The summed E-state index contributed by atoms with van der Waals surface area (Å²) in [6.07, 6.45) is 14.3. The summed E-state index contributed by atoms with van der Waals surface area (Å²) in [5.41, 5.74) is 12.3. The van der Waals surface area contributed by atoms with Crippen molar-refractivity contribution in [1.82, 2.24) is 0 Å². The van der Waals surface area contributed by atoms with E-state index in [1.165, 1.54) is 17.5 Å². The molecular formula is C71H99O7Y2-3. The monoisotopic (exact) mass is 1240 g/mol. The van der Waals surface area contributed by atoms with Gasteiger partial charge in [-0.3, -0.25) is 0 Å². The summed E-state index contributed by atoms with van der Waals surface area (Å²) in [5.74, 6) is 2.51. The number of allylic oxidation sites excluding steroid dienone is 2. The fourth-order valence-corrected chi connectivity index (χ4v) is 5.87. The number of phenolic OH excluding ortho intramolecular Hbond substituents is 7. The second kappa shape index (κ2) is 55.5. The van der Waals surface area contributed by atoms with Crippen LogP contribution in [0.25, 0.3) is 18.2 Å². The summed E-state index contributed by atoms with van der Waals surface area (Å²) in [6.45, 7) is 42.2. The number of rotatable bonds is 6. The van der Waals surface area contributed by atoms with Crippen LogP contribution in [-0.2, 0) is 78.3 Å². The van der Waals surface area contributed by atoms with E-state index in [9.17, 15) is 15.3 Å². The molecular weight excluding hydrogens is 1140 g/mol. The summed E-state index contributed by atoms with van der Waals surface area (Å²) < 4.78 is 0. The minimum atomic E-state index is 0. The molecule has 0 aliphatic carbocycles. The average molecular weight is 1240 g/mol. The maximum atomic E-state index is 9.21. The summed E-state index contributed by atoms with van der Waals surface area (Å²) in [7, 11) is 0. The third-order valence-electron chi connectivity index (χ3n) is 10.2. The van der Waals surface area contributed by atoms with Crippen LogP contribution in [0.5, 0.6) is 40.2 Å². The van der Waals surface area contributed by atoms with Crippen molar-refractivity contribution in [3.63, 3.8) is 0 Å². The van der Waals surface area contributed by atoms with Gasteiger partial charge in [0.2, 0.25) is 0 Å². The van der Waals surface area contributed by atoms with E-state index in [1.54, 1.807) is 79.7 Å². The van der Waals surface area contributed by atoms with Crippen molar-refractivity contribution in [3.8, 4) is 40.2 Å². The fraction of sp³-hybridized carbons (Fsp3) is 0.310. The van der Waals surface area contributed by atoms with Gasteiger partial charge in [-0.25, -0.2) is 0 Å². The van der Waals surface area contributed by atoms with Crippen LogP contribution < -0.4 is 0 Å². The SMILES string of the molecule is C/C=C/c1ccc(O)c(C)c1.C/C=C/c1ccc(O)c(C)c1.C=Cc1ccc(O)c(C)c1.CC.CC.CCC.CCCc1ccc(O)c(C)c1.CCc1ccc(O)c(C)c1.Cc1c[c-]ccc1O.Cc1c[c-]ccc1O.[CH2-]C.[Y].[Y]. The van der Waals surface area contributed by atoms with Crippen molar-refractivity contribution in [2.75, 3.05) is 0 Å². The summed E-state index contributed by atoms with van der Waals surface area (Å²) in [5, 5.41) is 63.6. The summed E-state index contributed by atoms with van der Waals surface area (Å²) >= 11 is 0. The number of hydrogen-bond acceptors (Lipinski definition) is 7. The zero-order valence-corrected chi connectivity index (χ0v) is 57.7. The van der Waals surface area contributed by atoms with E-state index < -0.39 is 0 Å². The summed E-state index contributed by atoms with van der Waals surface area (Å²) in [6, 6.07) is 43.8. The molecule has 0 spiro atoms. The van der Waals surface area contributed by atoms with E-state index in [-0.39, 0.29) is 65.4 Å². The molecule has 7 aromatic carbocycles. The van der Waals surface area contributed by atoms with Crippen LogP contribution >= 0.6 is 0 Å². The first-order valence-corrected chi connectivity index (χ1v) is 27.1. The van der Waals surface area contributed by atoms with Crippen LogP contribution in [0.15, 0.2) is 146 Å². The number of phenols is 7. The van der Waals surface area contributed by atoms with Crippen LogP contribution in [0.1, 0.15) is 156 Å². The van der Waals surface area contributed by atoms with Gasteiger partial charge in [-0.1, -0.05) is 162 Å². The van der Waals surface area contributed by atoms with Crippen molar-refractivity contribution < 1.29 is 101 Å². The molecule has 7 N–H and O–H groups in total. The van der Waals surface area contributed by atoms with Crippen molar-refractivity contribution in [2.24, 2.45) is 0 Å². The van der Waals surface area contributed by atoms with Crippen LogP contribution in [0.2, 0.25) is 0 Å². The second-order valence-corrected chi connectivity index (χ2v) is 16.8. The number of benzene rings is 7. The molecule has 7 rings (SSSR count). The Kier molecular flexibility index (Phi) is 59.5. The Morgan fingerprint density at radius 2 is 0.688 bits per heavy atom. The van der Waals surface area contributed by atoms with Crippen LogP contribution in [0.4, 0.5) is 0 Å². The van der Waals surface area contributed by atoms with E-state index in [1.807, 2.05) is 175 Å². The van der Waals surface area contributed by atoms with Crippen LogP contribution in [0, 0.1) is 67.5 Å². The van der Waals surface area contributed by atoms with Crippen LogP contribution in [0.3, 0.4) is 0 Å². The van der Waals surface area contributed by atoms with Gasteiger partial charge < -0.3 is 42.7 Å².